The van der Waals surface area contributed by atoms with Crippen molar-refractivity contribution in [2.75, 3.05) is 39.3 Å². The summed E-state index contributed by atoms with van der Waals surface area (Å²) >= 11 is 0. The van der Waals surface area contributed by atoms with Gasteiger partial charge >= 0.3 is 0 Å². The number of piperazine rings is 1. The first-order chi connectivity index (χ1) is 12.0. The van der Waals surface area contributed by atoms with Gasteiger partial charge in [-0.05, 0) is 26.3 Å². The summed E-state index contributed by atoms with van der Waals surface area (Å²) in [5.41, 5.74) is 1.41. The van der Waals surface area contributed by atoms with Gasteiger partial charge in [0.25, 0.3) is 5.91 Å². The maximum atomic E-state index is 12.4. The third kappa shape index (κ3) is 4.60. The van der Waals surface area contributed by atoms with E-state index in [0.29, 0.717) is 11.6 Å². The number of nitrogens with zero attached hydrogens (tertiary/aromatic N) is 4. The summed E-state index contributed by atoms with van der Waals surface area (Å²) in [6.45, 7) is 12.6. The number of amides is 2. The molecule has 2 rings (SSSR count). The van der Waals surface area contributed by atoms with E-state index < -0.39 is 0 Å². The topological polar surface area (TPSA) is 70.5 Å². The molecule has 1 N–H and O–H groups in total. The average Bonchev–Trinajstić information content (AvgIpc) is 3.02. The summed E-state index contributed by atoms with van der Waals surface area (Å²) in [7, 11) is 0. The van der Waals surface area contributed by atoms with E-state index in [4.69, 9.17) is 0 Å². The molecule has 0 radical (unpaired) electrons. The lowest BCUT2D eigenvalue weighted by Crippen LogP contribution is -2.51. The Kier molecular flexibility index (Phi) is 6.99. The second-order valence-electron chi connectivity index (χ2n) is 6.56. The van der Waals surface area contributed by atoms with Gasteiger partial charge in [-0.25, -0.2) is 0 Å². The molecule has 2 amide bonds. The van der Waals surface area contributed by atoms with Crippen molar-refractivity contribution in [2.24, 2.45) is 0 Å². The summed E-state index contributed by atoms with van der Waals surface area (Å²) in [5, 5.41) is 7.12. The van der Waals surface area contributed by atoms with E-state index in [1.54, 1.807) is 6.20 Å². The fraction of sp³-hybridized carbons (Fsp3) is 0.722. The standard InChI is InChI=1S/C18H31N5O2/c1-5-15(6-2)23-14(4)16(12-20-23)18(25)19-13-17(24)22-10-8-21(7-3)9-11-22/h12,15H,5-11,13H2,1-4H3,(H,19,25). The van der Waals surface area contributed by atoms with Crippen LogP contribution in [0.1, 0.15) is 55.7 Å². The molecule has 1 saturated heterocycles. The van der Waals surface area contributed by atoms with Gasteiger partial charge in [0.15, 0.2) is 0 Å². The molecule has 0 saturated carbocycles. The Morgan fingerprint density at radius 3 is 2.36 bits per heavy atom. The van der Waals surface area contributed by atoms with Crippen LogP contribution in [0.3, 0.4) is 0 Å². The molecule has 2 heterocycles. The van der Waals surface area contributed by atoms with Crippen molar-refractivity contribution >= 4 is 11.8 Å². The van der Waals surface area contributed by atoms with Crippen molar-refractivity contribution in [3.05, 3.63) is 17.5 Å². The van der Waals surface area contributed by atoms with Crippen molar-refractivity contribution in [3.63, 3.8) is 0 Å². The highest BCUT2D eigenvalue weighted by Crippen LogP contribution is 2.19. The summed E-state index contributed by atoms with van der Waals surface area (Å²) in [6.07, 6.45) is 3.55. The number of rotatable bonds is 7. The van der Waals surface area contributed by atoms with E-state index >= 15 is 0 Å². The molecule has 7 nitrogen and oxygen atoms in total. The number of carbonyl (C=O) groups excluding carboxylic acids is 2. The van der Waals surface area contributed by atoms with Crippen LogP contribution in [-0.2, 0) is 4.79 Å². The van der Waals surface area contributed by atoms with E-state index in [9.17, 15) is 9.59 Å². The first kappa shape index (κ1) is 19.4. The monoisotopic (exact) mass is 349 g/mol. The molecular weight excluding hydrogens is 318 g/mol. The number of carbonyl (C=O) groups is 2. The van der Waals surface area contributed by atoms with Gasteiger partial charge in [-0.3, -0.25) is 14.3 Å². The fourth-order valence-corrected chi connectivity index (χ4v) is 3.33. The zero-order valence-corrected chi connectivity index (χ0v) is 15.9. The number of nitrogens with one attached hydrogen (secondary N) is 1. The smallest absolute Gasteiger partial charge is 0.255 e. The Bertz CT molecular complexity index is 586. The zero-order valence-electron chi connectivity index (χ0n) is 15.9. The predicted octanol–water partition coefficient (Wildman–Crippen LogP) is 1.45. The quantitative estimate of drug-likeness (QED) is 0.809. The predicted molar refractivity (Wildman–Crippen MR) is 97.6 cm³/mol. The summed E-state index contributed by atoms with van der Waals surface area (Å²) in [5.74, 6) is -0.246. The Labute approximate surface area is 150 Å². The molecule has 7 heteroatoms. The molecule has 140 valence electrons. The molecule has 1 aromatic rings. The average molecular weight is 349 g/mol. The Balaban J connectivity index is 1.89. The third-order valence-corrected chi connectivity index (χ3v) is 5.15. The first-order valence-corrected chi connectivity index (χ1v) is 9.34. The maximum absolute atomic E-state index is 12.4. The lowest BCUT2D eigenvalue weighted by molar-refractivity contribution is -0.131. The Morgan fingerprint density at radius 1 is 1.16 bits per heavy atom. The first-order valence-electron chi connectivity index (χ1n) is 9.34. The zero-order chi connectivity index (χ0) is 18.4. The van der Waals surface area contributed by atoms with Gasteiger partial charge in [-0.15, -0.1) is 0 Å². The van der Waals surface area contributed by atoms with Gasteiger partial charge < -0.3 is 15.1 Å². The van der Waals surface area contributed by atoms with Gasteiger partial charge in [0.2, 0.25) is 5.91 Å². The normalized spacial score (nSPS) is 15.6. The number of aromatic nitrogens is 2. The van der Waals surface area contributed by atoms with Crippen LogP contribution in [0.4, 0.5) is 0 Å². The van der Waals surface area contributed by atoms with E-state index in [1.807, 2.05) is 16.5 Å². The Hall–Kier alpha value is -1.89. The molecule has 0 bridgehead atoms. The highest BCUT2D eigenvalue weighted by Gasteiger charge is 2.22. The van der Waals surface area contributed by atoms with Crippen molar-refractivity contribution in [1.82, 2.24) is 24.9 Å². The van der Waals surface area contributed by atoms with Crippen LogP contribution in [0.5, 0.6) is 0 Å². The molecule has 1 aliphatic heterocycles. The maximum Gasteiger partial charge on any atom is 0.255 e. The van der Waals surface area contributed by atoms with Crippen LogP contribution in [-0.4, -0.2) is 70.7 Å². The van der Waals surface area contributed by atoms with Gasteiger partial charge in [0.1, 0.15) is 0 Å². The lowest BCUT2D eigenvalue weighted by atomic mass is 10.1. The largest absolute Gasteiger partial charge is 0.343 e. The van der Waals surface area contributed by atoms with Crippen LogP contribution in [0.25, 0.3) is 0 Å². The molecule has 0 aliphatic carbocycles. The molecule has 25 heavy (non-hydrogen) atoms. The highest BCUT2D eigenvalue weighted by molar-refractivity contribution is 5.97. The molecule has 1 fully saturated rings. The summed E-state index contributed by atoms with van der Waals surface area (Å²) < 4.78 is 1.92. The molecule has 0 unspecified atom stereocenters. The Morgan fingerprint density at radius 2 is 1.80 bits per heavy atom. The van der Waals surface area contributed by atoms with Crippen LogP contribution >= 0.6 is 0 Å². The summed E-state index contributed by atoms with van der Waals surface area (Å²) in [6, 6.07) is 0.304. The van der Waals surface area contributed by atoms with E-state index in [-0.39, 0.29) is 18.4 Å². The van der Waals surface area contributed by atoms with E-state index in [2.05, 4.69) is 36.1 Å². The van der Waals surface area contributed by atoms with Gasteiger partial charge in [0.05, 0.1) is 24.3 Å². The second-order valence-corrected chi connectivity index (χ2v) is 6.56. The number of hydrogen-bond acceptors (Lipinski definition) is 4. The van der Waals surface area contributed by atoms with Crippen molar-refractivity contribution in [1.29, 1.82) is 0 Å². The van der Waals surface area contributed by atoms with Gasteiger partial charge in [-0.2, -0.15) is 5.10 Å². The van der Waals surface area contributed by atoms with Crippen LogP contribution in [0.15, 0.2) is 6.20 Å². The van der Waals surface area contributed by atoms with E-state index in [0.717, 1.165) is 51.3 Å². The van der Waals surface area contributed by atoms with Crippen molar-refractivity contribution in [3.8, 4) is 0 Å². The van der Waals surface area contributed by atoms with Gasteiger partial charge in [-0.1, -0.05) is 20.8 Å². The van der Waals surface area contributed by atoms with E-state index in [1.165, 1.54) is 0 Å². The fourth-order valence-electron chi connectivity index (χ4n) is 3.33. The minimum absolute atomic E-state index is 0.0193. The van der Waals surface area contributed by atoms with Gasteiger partial charge in [0, 0.05) is 31.9 Å². The number of hydrogen-bond donors (Lipinski definition) is 1. The third-order valence-electron chi connectivity index (χ3n) is 5.15. The second kappa shape index (κ2) is 8.99. The number of likely N-dealkylation sites (N-methyl/N-ethyl adjacent to an activating group) is 1. The van der Waals surface area contributed by atoms with Crippen LogP contribution in [0.2, 0.25) is 0 Å². The minimum atomic E-state index is -0.227. The SMILES string of the molecule is CCC(CC)n1ncc(C(=O)NCC(=O)N2CCN(CC)CC2)c1C. The molecule has 0 aromatic carbocycles. The molecule has 0 spiro atoms. The molecule has 1 aromatic heterocycles. The minimum Gasteiger partial charge on any atom is -0.343 e. The molecule has 0 atom stereocenters. The summed E-state index contributed by atoms with van der Waals surface area (Å²) in [4.78, 5) is 28.9. The lowest BCUT2D eigenvalue weighted by Gasteiger charge is -2.34. The van der Waals surface area contributed by atoms with Crippen molar-refractivity contribution < 1.29 is 9.59 Å². The van der Waals surface area contributed by atoms with Crippen LogP contribution in [0, 0.1) is 6.92 Å². The van der Waals surface area contributed by atoms with Crippen LogP contribution < -0.4 is 5.32 Å². The highest BCUT2D eigenvalue weighted by atomic mass is 16.2. The van der Waals surface area contributed by atoms with Crippen molar-refractivity contribution in [2.45, 2.75) is 46.6 Å². The molecular formula is C18H31N5O2. The molecule has 1 aliphatic rings.